The van der Waals surface area contributed by atoms with Gasteiger partial charge in [0, 0.05) is 6.42 Å². The van der Waals surface area contributed by atoms with E-state index in [1.165, 1.54) is 6.07 Å². The van der Waals surface area contributed by atoms with E-state index < -0.39 is 38.8 Å². The maximum Gasteiger partial charge on any atom is 1.00 e. The number of ether oxygens (including phenoxy) is 1. The Morgan fingerprint density at radius 3 is 2.52 bits per heavy atom. The molecule has 0 aliphatic carbocycles. The van der Waals surface area contributed by atoms with Gasteiger partial charge in [0.1, 0.15) is 10.6 Å². The molecule has 2 rings (SSSR count). The van der Waals surface area contributed by atoms with Gasteiger partial charge in [0.25, 0.3) is 10.0 Å². The minimum atomic E-state index is -5.10. The Kier molecular flexibility index (Phi) is 6.99. The summed E-state index contributed by atoms with van der Waals surface area (Å²) in [5.41, 5.74) is 0. The molecular formula is C12H10F3N3NaO5S+. The third kappa shape index (κ3) is 5.70. The van der Waals surface area contributed by atoms with E-state index in [0.29, 0.717) is 6.42 Å². The number of carbonyl (C=O) groups is 1. The van der Waals surface area contributed by atoms with Crippen LogP contribution >= 0.6 is 0 Å². The SMILES string of the molecule is CCc1noc(C(=O)NS(=O)(=O)c2ccccc2OC(F)(F)F)n1.[Na+]. The van der Waals surface area contributed by atoms with Crippen LogP contribution in [0.4, 0.5) is 13.2 Å². The molecule has 1 aromatic carbocycles. The third-order valence-corrected chi connectivity index (χ3v) is 3.94. The molecule has 0 aliphatic rings. The Morgan fingerprint density at radius 2 is 1.96 bits per heavy atom. The van der Waals surface area contributed by atoms with Crippen LogP contribution in [0, 0.1) is 0 Å². The second kappa shape index (κ2) is 8.17. The predicted molar refractivity (Wildman–Crippen MR) is 71.5 cm³/mol. The topological polar surface area (TPSA) is 111 Å². The fourth-order valence-electron chi connectivity index (χ4n) is 1.59. The van der Waals surface area contributed by atoms with Gasteiger partial charge < -0.3 is 9.26 Å². The van der Waals surface area contributed by atoms with Crippen LogP contribution in [0.1, 0.15) is 23.4 Å². The molecule has 0 unspecified atom stereocenters. The minimum absolute atomic E-state index is 0. The number of aromatic nitrogens is 2. The number of nitrogens with zero attached hydrogens (tertiary/aromatic N) is 2. The normalized spacial score (nSPS) is 11.5. The van der Waals surface area contributed by atoms with Crippen molar-refractivity contribution in [2.75, 3.05) is 0 Å². The molecule has 1 amide bonds. The average Bonchev–Trinajstić information content (AvgIpc) is 2.94. The zero-order valence-electron chi connectivity index (χ0n) is 13.0. The van der Waals surface area contributed by atoms with Crippen LogP contribution < -0.4 is 39.0 Å². The number of para-hydroxylation sites is 1. The van der Waals surface area contributed by atoms with Crippen molar-refractivity contribution in [3.05, 3.63) is 36.0 Å². The Morgan fingerprint density at radius 1 is 1.32 bits per heavy atom. The number of sulfonamides is 1. The number of nitrogens with one attached hydrogen (secondary N) is 1. The van der Waals surface area contributed by atoms with Crippen LogP contribution in [-0.2, 0) is 16.4 Å². The van der Waals surface area contributed by atoms with Crippen LogP contribution in [0.3, 0.4) is 0 Å². The van der Waals surface area contributed by atoms with E-state index in [9.17, 15) is 26.4 Å². The maximum absolute atomic E-state index is 12.3. The molecule has 8 nitrogen and oxygen atoms in total. The smallest absolute Gasteiger partial charge is 0.404 e. The van der Waals surface area contributed by atoms with Crippen LogP contribution in [0.15, 0.2) is 33.7 Å². The molecule has 1 aromatic heterocycles. The summed E-state index contributed by atoms with van der Waals surface area (Å²) >= 11 is 0. The van der Waals surface area contributed by atoms with Crippen molar-refractivity contribution in [2.45, 2.75) is 24.6 Å². The molecule has 0 saturated carbocycles. The zero-order chi connectivity index (χ0) is 18.0. The standard InChI is InChI=1S/C12H10F3N3O5S.Na/c1-2-9-16-11(23-17-9)10(19)18-24(20,21)8-6-4-3-5-7(8)22-12(13,14)15;/h3-6H,2H2,1H3,(H,18,19);/q;+1. The van der Waals surface area contributed by atoms with Gasteiger partial charge >= 0.3 is 47.7 Å². The molecule has 0 radical (unpaired) electrons. The molecule has 0 atom stereocenters. The van der Waals surface area contributed by atoms with Crippen molar-refractivity contribution in [3.63, 3.8) is 0 Å². The van der Waals surface area contributed by atoms with Crippen molar-refractivity contribution in [2.24, 2.45) is 0 Å². The second-order valence-electron chi connectivity index (χ2n) is 4.30. The molecule has 13 heteroatoms. The Bertz CT molecular complexity index is 854. The van der Waals surface area contributed by atoms with Gasteiger partial charge in [0.15, 0.2) is 5.82 Å². The van der Waals surface area contributed by atoms with Gasteiger partial charge in [0.05, 0.1) is 0 Å². The molecule has 1 N–H and O–H groups in total. The van der Waals surface area contributed by atoms with Crippen molar-refractivity contribution >= 4 is 15.9 Å². The van der Waals surface area contributed by atoms with Gasteiger partial charge in [-0.25, -0.2) is 13.1 Å². The first-order chi connectivity index (χ1) is 11.1. The maximum atomic E-state index is 12.3. The summed E-state index contributed by atoms with van der Waals surface area (Å²) in [7, 11) is -4.66. The molecular weight excluding hydrogens is 378 g/mol. The molecule has 1 heterocycles. The third-order valence-electron chi connectivity index (χ3n) is 2.57. The van der Waals surface area contributed by atoms with Crippen molar-refractivity contribution in [1.82, 2.24) is 14.9 Å². The van der Waals surface area contributed by atoms with Gasteiger partial charge in [-0.2, -0.15) is 4.98 Å². The monoisotopic (exact) mass is 388 g/mol. The Hall–Kier alpha value is -1.63. The largest absolute Gasteiger partial charge is 1.00 e. The molecule has 2 aromatic rings. The van der Waals surface area contributed by atoms with Gasteiger partial charge in [-0.05, 0) is 12.1 Å². The van der Waals surface area contributed by atoms with Crippen molar-refractivity contribution < 1.29 is 65.2 Å². The number of benzene rings is 1. The molecule has 25 heavy (non-hydrogen) atoms. The van der Waals surface area contributed by atoms with E-state index in [1.54, 1.807) is 11.6 Å². The van der Waals surface area contributed by atoms with Gasteiger partial charge in [0.2, 0.25) is 0 Å². The minimum Gasteiger partial charge on any atom is -0.404 e. The number of alkyl halides is 3. The number of rotatable bonds is 5. The zero-order valence-corrected chi connectivity index (χ0v) is 15.8. The molecule has 0 saturated heterocycles. The Labute approximate surface area is 162 Å². The number of hydrogen-bond acceptors (Lipinski definition) is 7. The number of amides is 1. The van der Waals surface area contributed by atoms with Gasteiger partial charge in [-0.1, -0.05) is 24.2 Å². The second-order valence-corrected chi connectivity index (χ2v) is 5.95. The first kappa shape index (κ1) is 21.4. The van der Waals surface area contributed by atoms with Gasteiger partial charge in [-0.15, -0.1) is 13.2 Å². The fourth-order valence-corrected chi connectivity index (χ4v) is 2.67. The van der Waals surface area contributed by atoms with E-state index in [2.05, 4.69) is 19.4 Å². The fraction of sp³-hybridized carbons (Fsp3) is 0.250. The van der Waals surface area contributed by atoms with Crippen molar-refractivity contribution in [3.8, 4) is 5.75 Å². The summed E-state index contributed by atoms with van der Waals surface area (Å²) in [5.74, 6) is -2.72. The molecule has 0 spiro atoms. The van der Waals surface area contributed by atoms with Gasteiger partial charge in [-0.3, -0.25) is 4.79 Å². The van der Waals surface area contributed by atoms with E-state index in [1.807, 2.05) is 0 Å². The van der Waals surface area contributed by atoms with Crippen LogP contribution in [0.5, 0.6) is 5.75 Å². The summed E-state index contributed by atoms with van der Waals surface area (Å²) in [6.07, 6.45) is -4.76. The van der Waals surface area contributed by atoms with E-state index in [0.717, 1.165) is 18.2 Å². The van der Waals surface area contributed by atoms with E-state index >= 15 is 0 Å². The first-order valence-electron chi connectivity index (χ1n) is 6.37. The summed E-state index contributed by atoms with van der Waals surface area (Å²) < 4.78 is 71.0. The molecule has 0 aliphatic heterocycles. The van der Waals surface area contributed by atoms with E-state index in [4.69, 9.17) is 0 Å². The first-order valence-corrected chi connectivity index (χ1v) is 7.85. The predicted octanol–water partition coefficient (Wildman–Crippen LogP) is -1.35. The summed E-state index contributed by atoms with van der Waals surface area (Å²) in [5, 5.41) is 3.41. The van der Waals surface area contributed by atoms with Crippen LogP contribution in [0.25, 0.3) is 0 Å². The number of halogens is 3. The Balaban J connectivity index is 0.00000312. The van der Waals surface area contributed by atoms with E-state index in [-0.39, 0.29) is 35.4 Å². The van der Waals surface area contributed by atoms with Crippen molar-refractivity contribution in [1.29, 1.82) is 0 Å². The number of hydrogen-bond donors (Lipinski definition) is 1. The van der Waals surface area contributed by atoms with Crippen LogP contribution in [0.2, 0.25) is 0 Å². The number of carbonyl (C=O) groups excluding carboxylic acids is 1. The summed E-state index contributed by atoms with van der Waals surface area (Å²) in [6.45, 7) is 1.67. The molecule has 0 bridgehead atoms. The number of aryl methyl sites for hydroxylation is 1. The summed E-state index contributed by atoms with van der Waals surface area (Å²) in [6, 6.07) is 3.97. The molecule has 130 valence electrons. The average molecular weight is 388 g/mol. The quantitative estimate of drug-likeness (QED) is 0.631. The molecule has 0 fully saturated rings. The van der Waals surface area contributed by atoms with Crippen LogP contribution in [-0.4, -0.2) is 30.8 Å². The summed E-state index contributed by atoms with van der Waals surface area (Å²) in [4.78, 5) is 14.6.